The number of anilines is 2. The van der Waals surface area contributed by atoms with Crippen LogP contribution in [0.4, 0.5) is 11.5 Å². The molecule has 0 atom stereocenters. The lowest BCUT2D eigenvalue weighted by atomic mass is 10.3. The molecule has 0 unspecified atom stereocenters. The van der Waals surface area contributed by atoms with Gasteiger partial charge in [0.15, 0.2) is 0 Å². The number of nitrogens with zero attached hydrogens (tertiary/aromatic N) is 3. The molecule has 134 valence electrons. The van der Waals surface area contributed by atoms with Crippen LogP contribution >= 0.6 is 11.6 Å². The van der Waals surface area contributed by atoms with E-state index in [4.69, 9.17) is 16.3 Å². The second kappa shape index (κ2) is 8.64. The number of halogens is 1. The Labute approximate surface area is 152 Å². The summed E-state index contributed by atoms with van der Waals surface area (Å²) in [5, 5.41) is 6.45. The van der Waals surface area contributed by atoms with Gasteiger partial charge in [0.2, 0.25) is 0 Å². The third-order valence-corrected chi connectivity index (χ3v) is 3.63. The highest BCUT2D eigenvalue weighted by atomic mass is 35.5. The first kappa shape index (κ1) is 19.0. The van der Waals surface area contributed by atoms with Crippen LogP contribution in [0, 0.1) is 6.92 Å². The molecule has 1 aromatic carbocycles. The fourth-order valence-electron chi connectivity index (χ4n) is 2.12. The van der Waals surface area contributed by atoms with Crippen molar-refractivity contribution in [2.75, 3.05) is 39.6 Å². The van der Waals surface area contributed by atoms with Gasteiger partial charge in [0.05, 0.1) is 12.1 Å². The molecule has 1 amide bonds. The van der Waals surface area contributed by atoms with Gasteiger partial charge in [0.1, 0.15) is 23.1 Å². The average Bonchev–Trinajstić information content (AvgIpc) is 2.54. The van der Waals surface area contributed by atoms with Gasteiger partial charge >= 0.3 is 0 Å². The van der Waals surface area contributed by atoms with Crippen LogP contribution in [-0.4, -0.2) is 55.1 Å². The zero-order chi connectivity index (χ0) is 18.4. The average molecular weight is 364 g/mol. The predicted molar refractivity (Wildman–Crippen MR) is 98.9 cm³/mol. The zero-order valence-corrected chi connectivity index (χ0v) is 15.5. The number of ether oxygens (including phenoxy) is 1. The number of nitrogens with one attached hydrogen (secondary N) is 2. The highest BCUT2D eigenvalue weighted by Crippen LogP contribution is 2.28. The molecule has 2 N–H and O–H groups in total. The largest absolute Gasteiger partial charge is 0.495 e. The van der Waals surface area contributed by atoms with E-state index < -0.39 is 0 Å². The number of methoxy groups -OCH3 is 1. The van der Waals surface area contributed by atoms with Gasteiger partial charge in [-0.05, 0) is 39.2 Å². The van der Waals surface area contributed by atoms with Crippen LogP contribution in [0.3, 0.4) is 0 Å². The summed E-state index contributed by atoms with van der Waals surface area (Å²) in [6.45, 7) is 3.04. The van der Waals surface area contributed by atoms with Crippen molar-refractivity contribution in [1.82, 2.24) is 20.2 Å². The Morgan fingerprint density at radius 2 is 2.04 bits per heavy atom. The molecule has 1 aromatic heterocycles. The monoisotopic (exact) mass is 363 g/mol. The molecule has 0 aliphatic rings. The van der Waals surface area contributed by atoms with Crippen molar-refractivity contribution in [1.29, 1.82) is 0 Å². The first-order valence-corrected chi connectivity index (χ1v) is 8.16. The van der Waals surface area contributed by atoms with Crippen LogP contribution in [0.1, 0.15) is 16.3 Å². The van der Waals surface area contributed by atoms with E-state index in [9.17, 15) is 4.79 Å². The Balaban J connectivity index is 2.13. The van der Waals surface area contributed by atoms with Gasteiger partial charge in [-0.1, -0.05) is 11.6 Å². The van der Waals surface area contributed by atoms with Crippen molar-refractivity contribution >= 4 is 29.0 Å². The van der Waals surface area contributed by atoms with Crippen molar-refractivity contribution in [3.8, 4) is 5.75 Å². The number of rotatable bonds is 7. The van der Waals surface area contributed by atoms with Crippen LogP contribution in [-0.2, 0) is 0 Å². The molecule has 0 bridgehead atoms. The van der Waals surface area contributed by atoms with Crippen molar-refractivity contribution in [3.05, 3.63) is 40.8 Å². The van der Waals surface area contributed by atoms with Crippen LogP contribution in [0.2, 0.25) is 5.02 Å². The van der Waals surface area contributed by atoms with E-state index in [1.807, 2.05) is 25.1 Å². The third-order valence-electron chi connectivity index (χ3n) is 3.34. The molecule has 25 heavy (non-hydrogen) atoms. The maximum Gasteiger partial charge on any atom is 0.270 e. The minimum Gasteiger partial charge on any atom is -0.495 e. The van der Waals surface area contributed by atoms with Crippen LogP contribution in [0.15, 0.2) is 24.3 Å². The molecule has 0 fully saturated rings. The Bertz CT molecular complexity index is 752. The quantitative estimate of drug-likeness (QED) is 0.786. The lowest BCUT2D eigenvalue weighted by Crippen LogP contribution is -2.32. The van der Waals surface area contributed by atoms with Crippen molar-refractivity contribution in [2.24, 2.45) is 0 Å². The fraction of sp³-hybridized carbons (Fsp3) is 0.353. The number of likely N-dealkylation sites (N-methyl/N-ethyl adjacent to an activating group) is 1. The summed E-state index contributed by atoms with van der Waals surface area (Å²) in [7, 11) is 5.45. The van der Waals surface area contributed by atoms with Gasteiger partial charge in [-0.15, -0.1) is 0 Å². The van der Waals surface area contributed by atoms with E-state index >= 15 is 0 Å². The molecule has 2 aromatic rings. The van der Waals surface area contributed by atoms with Gasteiger partial charge in [-0.2, -0.15) is 0 Å². The summed E-state index contributed by atoms with van der Waals surface area (Å²) in [5.41, 5.74) is 1.05. The lowest BCUT2D eigenvalue weighted by molar-refractivity contribution is 0.0945. The van der Waals surface area contributed by atoms with Crippen LogP contribution < -0.4 is 15.4 Å². The van der Waals surface area contributed by atoms with E-state index in [1.54, 1.807) is 32.2 Å². The first-order chi connectivity index (χ1) is 11.9. The molecule has 0 saturated heterocycles. The molecule has 7 nitrogen and oxygen atoms in total. The number of aromatic nitrogens is 2. The second-order valence-electron chi connectivity index (χ2n) is 5.72. The standard InChI is InChI=1S/C17H22ClN5O2/c1-11-20-14(17(24)19-7-8-23(2)3)10-16(21-11)22-12-5-6-15(25-4)13(18)9-12/h5-6,9-10H,7-8H2,1-4H3,(H,19,24)(H,20,21,22). The number of carbonyl (C=O) groups is 1. The van der Waals surface area contributed by atoms with Gasteiger partial charge in [-0.25, -0.2) is 9.97 Å². The molecule has 2 rings (SSSR count). The molecule has 1 heterocycles. The molecule has 0 aliphatic heterocycles. The van der Waals surface area contributed by atoms with Gasteiger partial charge in [-0.3, -0.25) is 4.79 Å². The number of benzene rings is 1. The molecule has 0 saturated carbocycles. The van der Waals surface area contributed by atoms with E-state index in [0.29, 0.717) is 34.7 Å². The highest BCUT2D eigenvalue weighted by molar-refractivity contribution is 6.32. The molecular weight excluding hydrogens is 342 g/mol. The number of hydrogen-bond donors (Lipinski definition) is 2. The van der Waals surface area contributed by atoms with E-state index in [1.165, 1.54) is 0 Å². The van der Waals surface area contributed by atoms with Gasteiger partial charge in [0, 0.05) is 24.8 Å². The van der Waals surface area contributed by atoms with Crippen molar-refractivity contribution < 1.29 is 9.53 Å². The summed E-state index contributed by atoms with van der Waals surface area (Å²) in [6.07, 6.45) is 0. The normalized spacial score (nSPS) is 10.6. The number of carbonyl (C=O) groups excluding carboxylic acids is 1. The highest BCUT2D eigenvalue weighted by Gasteiger charge is 2.11. The SMILES string of the molecule is COc1ccc(Nc2cc(C(=O)NCCN(C)C)nc(C)n2)cc1Cl. The number of aryl methyl sites for hydroxylation is 1. The predicted octanol–water partition coefficient (Wildman–Crippen LogP) is 2.48. The lowest BCUT2D eigenvalue weighted by Gasteiger charge is -2.12. The molecule has 0 spiro atoms. The van der Waals surface area contributed by atoms with Crippen LogP contribution in [0.25, 0.3) is 0 Å². The number of amides is 1. The van der Waals surface area contributed by atoms with E-state index in [-0.39, 0.29) is 5.91 Å². The fourth-order valence-corrected chi connectivity index (χ4v) is 2.38. The Morgan fingerprint density at radius 3 is 2.68 bits per heavy atom. The maximum absolute atomic E-state index is 12.2. The minimum atomic E-state index is -0.233. The van der Waals surface area contributed by atoms with Gasteiger partial charge in [0.25, 0.3) is 5.91 Å². The van der Waals surface area contributed by atoms with Crippen molar-refractivity contribution in [3.63, 3.8) is 0 Å². The molecule has 0 radical (unpaired) electrons. The minimum absolute atomic E-state index is 0.233. The van der Waals surface area contributed by atoms with Crippen molar-refractivity contribution in [2.45, 2.75) is 6.92 Å². The first-order valence-electron chi connectivity index (χ1n) is 7.78. The second-order valence-corrected chi connectivity index (χ2v) is 6.13. The Kier molecular flexibility index (Phi) is 6.55. The number of hydrogen-bond acceptors (Lipinski definition) is 6. The van der Waals surface area contributed by atoms with E-state index in [0.717, 1.165) is 12.2 Å². The Morgan fingerprint density at radius 1 is 1.28 bits per heavy atom. The van der Waals surface area contributed by atoms with Gasteiger partial charge < -0.3 is 20.3 Å². The third kappa shape index (κ3) is 5.58. The summed E-state index contributed by atoms with van der Waals surface area (Å²) < 4.78 is 5.13. The zero-order valence-electron chi connectivity index (χ0n) is 14.8. The smallest absolute Gasteiger partial charge is 0.270 e. The molecule has 8 heteroatoms. The molecule has 0 aliphatic carbocycles. The summed E-state index contributed by atoms with van der Waals surface area (Å²) >= 11 is 6.13. The maximum atomic E-state index is 12.2. The summed E-state index contributed by atoms with van der Waals surface area (Å²) in [4.78, 5) is 22.7. The molecular formula is C17H22ClN5O2. The summed E-state index contributed by atoms with van der Waals surface area (Å²) in [6, 6.07) is 6.91. The Hall–Kier alpha value is -2.38. The van der Waals surface area contributed by atoms with Crippen LogP contribution in [0.5, 0.6) is 5.75 Å². The summed E-state index contributed by atoms with van der Waals surface area (Å²) in [5.74, 6) is 1.38. The van der Waals surface area contributed by atoms with E-state index in [2.05, 4.69) is 20.6 Å². The topological polar surface area (TPSA) is 79.4 Å².